The van der Waals surface area contributed by atoms with E-state index in [0.29, 0.717) is 28.7 Å². The highest BCUT2D eigenvalue weighted by atomic mass is 32.1. The number of hydrogen-bond donors (Lipinski definition) is 2. The van der Waals surface area contributed by atoms with Crippen molar-refractivity contribution in [2.45, 2.75) is 6.92 Å². The van der Waals surface area contributed by atoms with Gasteiger partial charge in [-0.3, -0.25) is 10.1 Å². The highest BCUT2D eigenvalue weighted by Crippen LogP contribution is 2.25. The molecule has 2 N–H and O–H groups in total. The Labute approximate surface area is 180 Å². The Morgan fingerprint density at radius 2 is 1.63 bits per heavy atom. The zero-order chi connectivity index (χ0) is 20.9. The standard InChI is InChI=1S/C23H24N4O2S/c1-17-6-5-9-19(16-17)26-12-14-27(15-13-26)22(28)20-10-11-21(30-20)25-23(29)24-18-7-3-2-4-8-18/h2-11,16H,12-15H2,1H3,(H2,24,25,29). The number of rotatable bonds is 4. The van der Waals surface area contributed by atoms with Crippen LogP contribution in [-0.2, 0) is 0 Å². The molecule has 1 aliphatic heterocycles. The molecule has 0 radical (unpaired) electrons. The first kappa shape index (κ1) is 20.0. The summed E-state index contributed by atoms with van der Waals surface area (Å²) >= 11 is 1.30. The van der Waals surface area contributed by atoms with Crippen LogP contribution >= 0.6 is 11.3 Å². The molecular formula is C23H24N4O2S. The summed E-state index contributed by atoms with van der Waals surface area (Å²) in [6, 6.07) is 20.9. The van der Waals surface area contributed by atoms with Gasteiger partial charge in [0.25, 0.3) is 5.91 Å². The molecule has 0 unspecified atom stereocenters. The molecule has 4 rings (SSSR count). The quantitative estimate of drug-likeness (QED) is 0.645. The van der Waals surface area contributed by atoms with Crippen molar-refractivity contribution >= 4 is 39.7 Å². The number of benzene rings is 2. The van der Waals surface area contributed by atoms with Crippen molar-refractivity contribution in [1.82, 2.24) is 4.90 Å². The van der Waals surface area contributed by atoms with Crippen LogP contribution < -0.4 is 15.5 Å². The fraction of sp³-hybridized carbons (Fsp3) is 0.217. The number of urea groups is 1. The first-order valence-electron chi connectivity index (χ1n) is 9.92. The van der Waals surface area contributed by atoms with Gasteiger partial charge in [-0.1, -0.05) is 30.3 Å². The second-order valence-corrected chi connectivity index (χ2v) is 8.31. The van der Waals surface area contributed by atoms with E-state index in [-0.39, 0.29) is 11.9 Å². The summed E-state index contributed by atoms with van der Waals surface area (Å²) in [5.41, 5.74) is 3.16. The number of nitrogens with zero attached hydrogens (tertiary/aromatic N) is 2. The van der Waals surface area contributed by atoms with Crippen molar-refractivity contribution in [2.24, 2.45) is 0 Å². The van der Waals surface area contributed by atoms with Crippen LogP contribution in [0.3, 0.4) is 0 Å². The maximum atomic E-state index is 12.9. The van der Waals surface area contributed by atoms with Gasteiger partial charge in [0, 0.05) is 37.6 Å². The van der Waals surface area contributed by atoms with E-state index in [1.807, 2.05) is 35.2 Å². The normalized spacial score (nSPS) is 13.8. The molecule has 1 aliphatic rings. The number of nitrogens with one attached hydrogen (secondary N) is 2. The summed E-state index contributed by atoms with van der Waals surface area (Å²) < 4.78 is 0. The van der Waals surface area contributed by atoms with Gasteiger partial charge in [-0.25, -0.2) is 4.79 Å². The summed E-state index contributed by atoms with van der Waals surface area (Å²) in [5, 5.41) is 6.21. The predicted octanol–water partition coefficient (Wildman–Crippen LogP) is 4.66. The van der Waals surface area contributed by atoms with Crippen molar-refractivity contribution in [3.8, 4) is 0 Å². The zero-order valence-electron chi connectivity index (χ0n) is 16.8. The Bertz CT molecular complexity index is 1030. The summed E-state index contributed by atoms with van der Waals surface area (Å²) in [6.45, 7) is 5.08. The van der Waals surface area contributed by atoms with Crippen LogP contribution in [0.5, 0.6) is 0 Å². The highest BCUT2D eigenvalue weighted by molar-refractivity contribution is 7.18. The van der Waals surface area contributed by atoms with Crippen LogP contribution in [0.1, 0.15) is 15.2 Å². The molecule has 3 aromatic rings. The van der Waals surface area contributed by atoms with E-state index in [0.717, 1.165) is 13.1 Å². The van der Waals surface area contributed by atoms with Crippen molar-refractivity contribution in [3.05, 3.63) is 77.2 Å². The van der Waals surface area contributed by atoms with E-state index in [2.05, 4.69) is 46.7 Å². The smallest absolute Gasteiger partial charge is 0.324 e. The maximum absolute atomic E-state index is 12.9. The zero-order valence-corrected chi connectivity index (χ0v) is 17.6. The lowest BCUT2D eigenvalue weighted by atomic mass is 10.2. The number of piperazine rings is 1. The number of thiophene rings is 1. The molecule has 1 aromatic heterocycles. The summed E-state index contributed by atoms with van der Waals surface area (Å²) in [5.74, 6) is 0.0143. The first-order chi connectivity index (χ1) is 14.6. The van der Waals surface area contributed by atoms with Crippen LogP contribution in [0.15, 0.2) is 66.7 Å². The van der Waals surface area contributed by atoms with E-state index in [1.165, 1.54) is 22.6 Å². The van der Waals surface area contributed by atoms with E-state index in [9.17, 15) is 9.59 Å². The van der Waals surface area contributed by atoms with Crippen molar-refractivity contribution in [2.75, 3.05) is 41.7 Å². The molecule has 1 saturated heterocycles. The van der Waals surface area contributed by atoms with Crippen LogP contribution in [0.4, 0.5) is 21.2 Å². The molecule has 0 saturated carbocycles. The summed E-state index contributed by atoms with van der Waals surface area (Å²) in [4.78, 5) is 29.8. The van der Waals surface area contributed by atoms with Gasteiger partial charge in [-0.05, 0) is 48.9 Å². The fourth-order valence-corrected chi connectivity index (χ4v) is 4.33. The largest absolute Gasteiger partial charge is 0.368 e. The molecule has 3 amide bonds. The fourth-order valence-electron chi connectivity index (χ4n) is 3.46. The highest BCUT2D eigenvalue weighted by Gasteiger charge is 2.23. The van der Waals surface area contributed by atoms with Gasteiger partial charge in [-0.2, -0.15) is 0 Å². The molecule has 0 bridgehead atoms. The molecule has 30 heavy (non-hydrogen) atoms. The van der Waals surface area contributed by atoms with E-state index < -0.39 is 0 Å². The number of carbonyl (C=O) groups excluding carboxylic acids is 2. The Kier molecular flexibility index (Phi) is 5.99. The molecule has 0 atom stereocenters. The lowest BCUT2D eigenvalue weighted by molar-refractivity contribution is 0.0751. The third-order valence-electron chi connectivity index (χ3n) is 5.02. The second kappa shape index (κ2) is 9.00. The first-order valence-corrected chi connectivity index (χ1v) is 10.7. The van der Waals surface area contributed by atoms with Crippen LogP contribution in [0.2, 0.25) is 0 Å². The summed E-state index contributed by atoms with van der Waals surface area (Å²) in [6.07, 6.45) is 0. The molecule has 1 fully saturated rings. The summed E-state index contributed by atoms with van der Waals surface area (Å²) in [7, 11) is 0. The van der Waals surface area contributed by atoms with Crippen molar-refractivity contribution < 1.29 is 9.59 Å². The van der Waals surface area contributed by atoms with Crippen LogP contribution in [-0.4, -0.2) is 43.0 Å². The maximum Gasteiger partial charge on any atom is 0.324 e. The molecule has 154 valence electrons. The third kappa shape index (κ3) is 4.80. The van der Waals surface area contributed by atoms with Crippen LogP contribution in [0, 0.1) is 6.92 Å². The molecule has 7 heteroatoms. The van der Waals surface area contributed by atoms with Gasteiger partial charge in [0.2, 0.25) is 0 Å². The van der Waals surface area contributed by atoms with Gasteiger partial charge in [0.05, 0.1) is 9.88 Å². The Balaban J connectivity index is 1.31. The van der Waals surface area contributed by atoms with Gasteiger partial charge >= 0.3 is 6.03 Å². The van der Waals surface area contributed by atoms with Gasteiger partial charge in [0.1, 0.15) is 0 Å². The molecule has 2 heterocycles. The molecule has 6 nitrogen and oxygen atoms in total. The third-order valence-corrected chi connectivity index (χ3v) is 6.01. The average molecular weight is 421 g/mol. The Morgan fingerprint density at radius 3 is 2.37 bits per heavy atom. The van der Waals surface area contributed by atoms with E-state index in [1.54, 1.807) is 12.1 Å². The van der Waals surface area contributed by atoms with Gasteiger partial charge < -0.3 is 15.1 Å². The topological polar surface area (TPSA) is 64.7 Å². The minimum atomic E-state index is -0.325. The molecule has 0 aliphatic carbocycles. The number of amides is 3. The molecule has 0 spiro atoms. The van der Waals surface area contributed by atoms with E-state index in [4.69, 9.17) is 0 Å². The molecule has 2 aromatic carbocycles. The number of carbonyl (C=O) groups is 2. The number of hydrogen-bond acceptors (Lipinski definition) is 4. The monoisotopic (exact) mass is 420 g/mol. The average Bonchev–Trinajstić information content (AvgIpc) is 3.22. The Hall–Kier alpha value is -3.32. The predicted molar refractivity (Wildman–Crippen MR) is 123 cm³/mol. The Morgan fingerprint density at radius 1 is 0.867 bits per heavy atom. The lowest BCUT2D eigenvalue weighted by Crippen LogP contribution is -2.48. The van der Waals surface area contributed by atoms with Crippen LogP contribution in [0.25, 0.3) is 0 Å². The minimum Gasteiger partial charge on any atom is -0.368 e. The second-order valence-electron chi connectivity index (χ2n) is 7.23. The minimum absolute atomic E-state index is 0.0143. The number of aryl methyl sites for hydroxylation is 1. The molecular weight excluding hydrogens is 396 g/mol. The number of para-hydroxylation sites is 1. The van der Waals surface area contributed by atoms with Crippen molar-refractivity contribution in [1.29, 1.82) is 0 Å². The van der Waals surface area contributed by atoms with Gasteiger partial charge in [0.15, 0.2) is 0 Å². The van der Waals surface area contributed by atoms with E-state index >= 15 is 0 Å². The van der Waals surface area contributed by atoms with Crippen molar-refractivity contribution in [3.63, 3.8) is 0 Å². The number of anilines is 3. The van der Waals surface area contributed by atoms with Gasteiger partial charge in [-0.15, -0.1) is 11.3 Å². The lowest BCUT2D eigenvalue weighted by Gasteiger charge is -2.36. The SMILES string of the molecule is Cc1cccc(N2CCN(C(=O)c3ccc(NC(=O)Nc4ccccc4)s3)CC2)c1.